The van der Waals surface area contributed by atoms with Gasteiger partial charge in [0.2, 0.25) is 5.91 Å². The number of hydrogen-bond donors (Lipinski definition) is 2. The molecular formula is C14H15BrN2O4. The van der Waals surface area contributed by atoms with Gasteiger partial charge >= 0.3 is 5.97 Å². The molecule has 0 heterocycles. The lowest BCUT2D eigenvalue weighted by Crippen LogP contribution is -2.37. The maximum absolute atomic E-state index is 11.4. The number of carbonyl (C=O) groups is 3. The monoisotopic (exact) mass is 354 g/mol. The number of halogens is 1. The van der Waals surface area contributed by atoms with E-state index in [4.69, 9.17) is 4.74 Å². The number of esters is 1. The van der Waals surface area contributed by atoms with E-state index in [0.29, 0.717) is 0 Å². The number of nitrogens with one attached hydrogen (secondary N) is 2. The van der Waals surface area contributed by atoms with Crippen molar-refractivity contribution in [1.29, 1.82) is 0 Å². The quantitative estimate of drug-likeness (QED) is 0.586. The minimum Gasteiger partial charge on any atom is -0.452 e. The molecule has 6 nitrogen and oxygen atoms in total. The number of carbonyl (C=O) groups excluding carboxylic acids is 3. The Labute approximate surface area is 130 Å². The zero-order valence-corrected chi connectivity index (χ0v) is 13.0. The molecule has 2 amide bonds. The van der Waals surface area contributed by atoms with E-state index in [0.717, 1.165) is 10.0 Å². The summed E-state index contributed by atoms with van der Waals surface area (Å²) in [7, 11) is 1.46. The van der Waals surface area contributed by atoms with Crippen LogP contribution in [0.25, 0.3) is 6.08 Å². The van der Waals surface area contributed by atoms with Crippen LogP contribution in [0.3, 0.4) is 0 Å². The van der Waals surface area contributed by atoms with Crippen LogP contribution in [-0.4, -0.2) is 38.0 Å². The van der Waals surface area contributed by atoms with E-state index in [2.05, 4.69) is 26.6 Å². The first-order valence-corrected chi connectivity index (χ1v) is 6.89. The molecule has 0 bridgehead atoms. The van der Waals surface area contributed by atoms with E-state index in [1.54, 1.807) is 6.08 Å². The van der Waals surface area contributed by atoms with Crippen LogP contribution in [-0.2, 0) is 19.1 Å². The summed E-state index contributed by atoms with van der Waals surface area (Å²) >= 11 is 3.34. The van der Waals surface area contributed by atoms with Crippen molar-refractivity contribution in [1.82, 2.24) is 10.6 Å². The van der Waals surface area contributed by atoms with E-state index < -0.39 is 18.5 Å². The first kappa shape index (κ1) is 16.9. The topological polar surface area (TPSA) is 84.5 Å². The van der Waals surface area contributed by atoms with Crippen molar-refractivity contribution >= 4 is 39.8 Å². The lowest BCUT2D eigenvalue weighted by molar-refractivity contribution is -0.143. The van der Waals surface area contributed by atoms with Gasteiger partial charge in [-0.2, -0.15) is 0 Å². The van der Waals surface area contributed by atoms with E-state index in [1.807, 2.05) is 24.3 Å². The highest BCUT2D eigenvalue weighted by molar-refractivity contribution is 9.10. The van der Waals surface area contributed by atoms with Crippen LogP contribution in [0.1, 0.15) is 5.56 Å². The predicted molar refractivity (Wildman–Crippen MR) is 81.2 cm³/mol. The van der Waals surface area contributed by atoms with Crippen LogP contribution in [0.2, 0.25) is 0 Å². The van der Waals surface area contributed by atoms with Crippen molar-refractivity contribution in [2.24, 2.45) is 0 Å². The summed E-state index contributed by atoms with van der Waals surface area (Å²) in [5, 5.41) is 4.66. The molecule has 1 rings (SSSR count). The van der Waals surface area contributed by atoms with Crippen molar-refractivity contribution in [2.45, 2.75) is 0 Å². The molecule has 1 aromatic carbocycles. The van der Waals surface area contributed by atoms with Crippen molar-refractivity contribution in [3.8, 4) is 0 Å². The predicted octanol–water partition coefficient (Wildman–Crippen LogP) is 0.868. The van der Waals surface area contributed by atoms with Gasteiger partial charge in [0.05, 0.1) is 6.54 Å². The fourth-order valence-corrected chi connectivity index (χ4v) is 1.69. The van der Waals surface area contributed by atoms with Crippen LogP contribution in [0.5, 0.6) is 0 Å². The third-order valence-electron chi connectivity index (χ3n) is 2.37. The fraction of sp³-hybridized carbons (Fsp3) is 0.214. The third kappa shape index (κ3) is 6.71. The van der Waals surface area contributed by atoms with Crippen LogP contribution in [0, 0.1) is 0 Å². The van der Waals surface area contributed by atoms with Gasteiger partial charge in [-0.1, -0.05) is 34.1 Å². The summed E-state index contributed by atoms with van der Waals surface area (Å²) in [6.45, 7) is -0.587. The number of likely N-dealkylation sites (N-methyl/N-ethyl adjacent to an activating group) is 1. The molecule has 0 aromatic heterocycles. The van der Waals surface area contributed by atoms with Gasteiger partial charge in [-0.3, -0.25) is 9.59 Å². The van der Waals surface area contributed by atoms with Gasteiger partial charge in [0.1, 0.15) is 0 Å². The Morgan fingerprint density at radius 3 is 2.62 bits per heavy atom. The lowest BCUT2D eigenvalue weighted by Gasteiger charge is -2.04. The summed E-state index contributed by atoms with van der Waals surface area (Å²) in [5.41, 5.74) is 0.818. The summed E-state index contributed by atoms with van der Waals surface area (Å²) < 4.78 is 5.59. The Morgan fingerprint density at radius 1 is 1.24 bits per heavy atom. The van der Waals surface area contributed by atoms with Crippen molar-refractivity contribution < 1.29 is 19.1 Å². The molecule has 0 saturated heterocycles. The fourth-order valence-electron chi connectivity index (χ4n) is 1.27. The van der Waals surface area contributed by atoms with E-state index in [1.165, 1.54) is 13.1 Å². The Kier molecular flexibility index (Phi) is 7.17. The lowest BCUT2D eigenvalue weighted by atomic mass is 10.2. The second-order valence-corrected chi connectivity index (χ2v) is 4.77. The van der Waals surface area contributed by atoms with Crippen molar-refractivity contribution in [3.63, 3.8) is 0 Å². The molecule has 0 spiro atoms. The van der Waals surface area contributed by atoms with Gasteiger partial charge in [0.25, 0.3) is 5.91 Å². The Hall–Kier alpha value is -2.15. The van der Waals surface area contributed by atoms with Crippen molar-refractivity contribution in [2.75, 3.05) is 20.2 Å². The average molecular weight is 355 g/mol. The van der Waals surface area contributed by atoms with E-state index in [9.17, 15) is 14.4 Å². The zero-order chi connectivity index (χ0) is 15.7. The molecule has 0 saturated carbocycles. The number of benzene rings is 1. The smallest absolute Gasteiger partial charge is 0.331 e. The van der Waals surface area contributed by atoms with Gasteiger partial charge in [0.15, 0.2) is 6.61 Å². The molecule has 21 heavy (non-hydrogen) atoms. The summed E-state index contributed by atoms with van der Waals surface area (Å²) in [6.07, 6.45) is 2.81. The minimum atomic E-state index is -0.638. The highest BCUT2D eigenvalue weighted by atomic mass is 79.9. The summed E-state index contributed by atoms with van der Waals surface area (Å²) in [6, 6.07) is 7.36. The van der Waals surface area contributed by atoms with Gasteiger partial charge in [-0.25, -0.2) is 4.79 Å². The van der Waals surface area contributed by atoms with Crippen LogP contribution in [0.15, 0.2) is 34.8 Å². The third-order valence-corrected chi connectivity index (χ3v) is 3.10. The maximum atomic E-state index is 11.4. The molecule has 0 aliphatic carbocycles. The molecule has 7 heteroatoms. The second-order valence-electron chi connectivity index (χ2n) is 3.91. The number of amides is 2. The molecule has 0 aliphatic rings. The SMILES string of the molecule is CNC(=O)CNC(=O)COC(=O)/C=C/c1ccccc1Br. The molecular weight excluding hydrogens is 340 g/mol. The summed E-state index contributed by atoms with van der Waals surface area (Å²) in [5.74, 6) is -1.51. The minimum absolute atomic E-state index is 0.153. The molecule has 0 aliphatic heterocycles. The molecule has 0 unspecified atom stereocenters. The van der Waals surface area contributed by atoms with E-state index >= 15 is 0 Å². The highest BCUT2D eigenvalue weighted by Gasteiger charge is 2.06. The number of hydrogen-bond acceptors (Lipinski definition) is 4. The Morgan fingerprint density at radius 2 is 1.95 bits per heavy atom. The second kappa shape index (κ2) is 8.91. The average Bonchev–Trinajstić information content (AvgIpc) is 2.49. The molecule has 0 fully saturated rings. The van der Waals surface area contributed by atoms with Crippen LogP contribution < -0.4 is 10.6 Å². The first-order valence-electron chi connectivity index (χ1n) is 6.09. The Balaban J connectivity index is 2.36. The molecule has 0 atom stereocenters. The van der Waals surface area contributed by atoms with Crippen molar-refractivity contribution in [3.05, 3.63) is 40.4 Å². The Bertz CT molecular complexity index is 558. The highest BCUT2D eigenvalue weighted by Crippen LogP contribution is 2.16. The van der Waals surface area contributed by atoms with Gasteiger partial charge in [-0.15, -0.1) is 0 Å². The van der Waals surface area contributed by atoms with Gasteiger partial charge in [-0.05, 0) is 17.7 Å². The molecule has 2 N–H and O–H groups in total. The largest absolute Gasteiger partial charge is 0.452 e. The van der Waals surface area contributed by atoms with Crippen LogP contribution >= 0.6 is 15.9 Å². The van der Waals surface area contributed by atoms with E-state index in [-0.39, 0.29) is 12.5 Å². The number of ether oxygens (including phenoxy) is 1. The number of rotatable bonds is 6. The standard InChI is InChI=1S/C14H15BrN2O4/c1-16-12(18)8-17-13(19)9-21-14(20)7-6-10-4-2-3-5-11(10)15/h2-7H,8-9H2,1H3,(H,16,18)(H,17,19)/b7-6+. The van der Waals surface area contributed by atoms with Gasteiger partial charge in [0, 0.05) is 17.6 Å². The normalized spacial score (nSPS) is 10.2. The summed E-state index contributed by atoms with van der Waals surface area (Å²) in [4.78, 5) is 33.6. The molecule has 0 radical (unpaired) electrons. The molecule has 112 valence electrons. The maximum Gasteiger partial charge on any atom is 0.331 e. The zero-order valence-electron chi connectivity index (χ0n) is 11.4. The van der Waals surface area contributed by atoms with Crippen LogP contribution in [0.4, 0.5) is 0 Å². The van der Waals surface area contributed by atoms with Gasteiger partial charge < -0.3 is 15.4 Å². The molecule has 1 aromatic rings. The first-order chi connectivity index (χ1) is 10.0.